The number of nitrogens with one attached hydrogen (secondary N) is 2. The minimum Gasteiger partial charge on any atom is -0.470 e. The Labute approximate surface area is 160 Å². The number of carbonyl (C=O) groups is 1. The molecule has 26 heavy (non-hydrogen) atoms. The van der Waals surface area contributed by atoms with E-state index in [4.69, 9.17) is 27.9 Å². The third kappa shape index (κ3) is 5.08. The van der Waals surface area contributed by atoms with Crippen LogP contribution in [0.1, 0.15) is 5.56 Å². The van der Waals surface area contributed by atoms with Crippen molar-refractivity contribution in [1.29, 1.82) is 0 Å². The topological polar surface area (TPSA) is 76.1 Å². The summed E-state index contributed by atoms with van der Waals surface area (Å²) in [7, 11) is 0. The Hall–Kier alpha value is -2.83. The Morgan fingerprint density at radius 3 is 2.46 bits per heavy atom. The molecule has 1 heterocycles. The Morgan fingerprint density at radius 1 is 0.962 bits per heavy atom. The van der Waals surface area contributed by atoms with Crippen LogP contribution in [0.4, 0.5) is 16.3 Å². The molecule has 2 aromatic carbocycles. The number of urea groups is 1. The number of rotatable bonds is 5. The lowest BCUT2D eigenvalue weighted by Crippen LogP contribution is -2.21. The van der Waals surface area contributed by atoms with E-state index in [9.17, 15) is 4.79 Å². The van der Waals surface area contributed by atoms with Crippen molar-refractivity contribution < 1.29 is 9.53 Å². The molecular formula is C18H14Cl2N4O2. The SMILES string of the molecule is O=C(Nc1cccc(Cl)c1)Nc1nccnc1OCc1cccc(Cl)c1. The van der Waals surface area contributed by atoms with Crippen molar-refractivity contribution >= 4 is 40.7 Å². The van der Waals surface area contributed by atoms with Gasteiger partial charge in [-0.2, -0.15) is 0 Å². The van der Waals surface area contributed by atoms with Gasteiger partial charge in [-0.1, -0.05) is 41.4 Å². The number of nitrogens with zero attached hydrogens (tertiary/aromatic N) is 2. The van der Waals surface area contributed by atoms with Crippen LogP contribution in [0.5, 0.6) is 5.88 Å². The fourth-order valence-electron chi connectivity index (χ4n) is 2.13. The van der Waals surface area contributed by atoms with Crippen LogP contribution in [0.3, 0.4) is 0 Å². The second-order valence-electron chi connectivity index (χ2n) is 5.22. The number of carbonyl (C=O) groups excluding carboxylic acids is 1. The lowest BCUT2D eigenvalue weighted by Gasteiger charge is -2.11. The Balaban J connectivity index is 1.65. The van der Waals surface area contributed by atoms with Gasteiger partial charge in [-0.15, -0.1) is 0 Å². The summed E-state index contributed by atoms with van der Waals surface area (Å²) >= 11 is 11.9. The van der Waals surface area contributed by atoms with Crippen LogP contribution in [0.15, 0.2) is 60.9 Å². The van der Waals surface area contributed by atoms with Gasteiger partial charge in [0.05, 0.1) is 0 Å². The van der Waals surface area contributed by atoms with E-state index >= 15 is 0 Å². The first kappa shape index (κ1) is 18.0. The molecule has 132 valence electrons. The van der Waals surface area contributed by atoms with Crippen molar-refractivity contribution in [2.24, 2.45) is 0 Å². The fraction of sp³-hybridized carbons (Fsp3) is 0.0556. The molecule has 8 heteroatoms. The Kier molecular flexibility index (Phi) is 5.88. The van der Waals surface area contributed by atoms with E-state index in [1.807, 2.05) is 12.1 Å². The van der Waals surface area contributed by atoms with Gasteiger partial charge in [0.15, 0.2) is 5.82 Å². The minimum atomic E-state index is -0.486. The van der Waals surface area contributed by atoms with Crippen LogP contribution in [-0.4, -0.2) is 16.0 Å². The third-order valence-corrected chi connectivity index (χ3v) is 3.71. The maximum absolute atomic E-state index is 12.2. The highest BCUT2D eigenvalue weighted by molar-refractivity contribution is 6.31. The highest BCUT2D eigenvalue weighted by Gasteiger charge is 2.11. The summed E-state index contributed by atoms with van der Waals surface area (Å²) < 4.78 is 5.65. The number of anilines is 2. The Bertz CT molecular complexity index is 921. The van der Waals surface area contributed by atoms with Crippen molar-refractivity contribution in [2.45, 2.75) is 6.61 Å². The van der Waals surface area contributed by atoms with Crippen LogP contribution < -0.4 is 15.4 Å². The molecule has 0 aliphatic rings. The largest absolute Gasteiger partial charge is 0.470 e. The molecule has 1 aromatic heterocycles. The van der Waals surface area contributed by atoms with E-state index in [0.717, 1.165) is 5.56 Å². The van der Waals surface area contributed by atoms with E-state index in [1.165, 1.54) is 12.4 Å². The number of benzene rings is 2. The van der Waals surface area contributed by atoms with Crippen molar-refractivity contribution in [2.75, 3.05) is 10.6 Å². The molecule has 0 spiro atoms. The maximum atomic E-state index is 12.2. The molecule has 3 rings (SSSR count). The first-order valence-electron chi connectivity index (χ1n) is 7.62. The summed E-state index contributed by atoms with van der Waals surface area (Å²) in [5.74, 6) is 0.405. The lowest BCUT2D eigenvalue weighted by molar-refractivity contribution is 0.261. The molecule has 0 aliphatic heterocycles. The van der Waals surface area contributed by atoms with E-state index in [-0.39, 0.29) is 18.3 Å². The molecule has 0 atom stereocenters. The molecule has 3 aromatic rings. The van der Waals surface area contributed by atoms with Gasteiger partial charge in [-0.05, 0) is 35.9 Å². The van der Waals surface area contributed by atoms with Crippen molar-refractivity contribution in [1.82, 2.24) is 9.97 Å². The van der Waals surface area contributed by atoms with Gasteiger partial charge in [0, 0.05) is 28.1 Å². The van der Waals surface area contributed by atoms with Crippen LogP contribution in [0.2, 0.25) is 10.0 Å². The summed E-state index contributed by atoms with van der Waals surface area (Å²) in [4.78, 5) is 20.4. The summed E-state index contributed by atoms with van der Waals surface area (Å²) in [5.41, 5.74) is 1.43. The summed E-state index contributed by atoms with van der Waals surface area (Å²) in [6.07, 6.45) is 2.94. The normalized spacial score (nSPS) is 10.2. The molecule has 0 saturated heterocycles. The van der Waals surface area contributed by atoms with Crippen LogP contribution >= 0.6 is 23.2 Å². The van der Waals surface area contributed by atoms with Crippen LogP contribution in [0, 0.1) is 0 Å². The van der Waals surface area contributed by atoms with Crippen molar-refractivity contribution in [3.8, 4) is 5.88 Å². The van der Waals surface area contributed by atoms with Gasteiger partial charge in [0.1, 0.15) is 6.61 Å². The zero-order valence-corrected chi connectivity index (χ0v) is 15.0. The van der Waals surface area contributed by atoms with Crippen LogP contribution in [-0.2, 0) is 6.61 Å². The maximum Gasteiger partial charge on any atom is 0.324 e. The molecule has 2 N–H and O–H groups in total. The fourth-order valence-corrected chi connectivity index (χ4v) is 2.53. The van der Waals surface area contributed by atoms with E-state index in [1.54, 1.807) is 36.4 Å². The van der Waals surface area contributed by atoms with E-state index in [0.29, 0.717) is 15.7 Å². The number of amides is 2. The van der Waals surface area contributed by atoms with Crippen LogP contribution in [0.25, 0.3) is 0 Å². The predicted octanol–water partition coefficient (Wildman–Crippen LogP) is 5.01. The first-order valence-corrected chi connectivity index (χ1v) is 8.37. The Morgan fingerprint density at radius 2 is 1.69 bits per heavy atom. The summed E-state index contributed by atoms with van der Waals surface area (Å²) in [5, 5.41) is 6.41. The van der Waals surface area contributed by atoms with E-state index < -0.39 is 6.03 Å². The first-order chi connectivity index (χ1) is 12.6. The molecule has 2 amide bonds. The molecule has 0 saturated carbocycles. The van der Waals surface area contributed by atoms with Gasteiger partial charge in [-0.3, -0.25) is 5.32 Å². The number of hydrogen-bond donors (Lipinski definition) is 2. The number of ether oxygens (including phenoxy) is 1. The standard InChI is InChI=1S/C18H14Cl2N4O2/c19-13-4-1-3-12(9-13)11-26-17-16(21-7-8-22-17)24-18(25)23-15-6-2-5-14(20)10-15/h1-10H,11H2,(H2,21,23,24,25). The molecular weight excluding hydrogens is 375 g/mol. The van der Waals surface area contributed by atoms with E-state index in [2.05, 4.69) is 20.6 Å². The van der Waals surface area contributed by atoms with Crippen molar-refractivity contribution in [3.05, 3.63) is 76.5 Å². The zero-order valence-electron chi connectivity index (χ0n) is 13.4. The third-order valence-electron chi connectivity index (χ3n) is 3.24. The summed E-state index contributed by atoms with van der Waals surface area (Å²) in [6, 6.07) is 13.6. The average molecular weight is 389 g/mol. The molecule has 0 aliphatic carbocycles. The number of hydrogen-bond acceptors (Lipinski definition) is 4. The molecule has 0 fully saturated rings. The second kappa shape index (κ2) is 8.51. The predicted molar refractivity (Wildman–Crippen MR) is 102 cm³/mol. The van der Waals surface area contributed by atoms with Crippen molar-refractivity contribution in [3.63, 3.8) is 0 Å². The van der Waals surface area contributed by atoms with Gasteiger partial charge < -0.3 is 10.1 Å². The lowest BCUT2D eigenvalue weighted by atomic mass is 10.2. The molecule has 0 unspecified atom stereocenters. The minimum absolute atomic E-state index is 0.203. The smallest absolute Gasteiger partial charge is 0.324 e. The zero-order chi connectivity index (χ0) is 18.4. The monoisotopic (exact) mass is 388 g/mol. The molecule has 6 nitrogen and oxygen atoms in total. The number of aromatic nitrogens is 2. The molecule has 0 radical (unpaired) electrons. The summed E-state index contributed by atoms with van der Waals surface area (Å²) in [6.45, 7) is 0.240. The highest BCUT2D eigenvalue weighted by atomic mass is 35.5. The van der Waals surface area contributed by atoms with Gasteiger partial charge in [0.25, 0.3) is 5.88 Å². The van der Waals surface area contributed by atoms with Gasteiger partial charge in [-0.25, -0.2) is 14.8 Å². The van der Waals surface area contributed by atoms with Gasteiger partial charge in [0.2, 0.25) is 0 Å². The highest BCUT2D eigenvalue weighted by Crippen LogP contribution is 2.21. The second-order valence-corrected chi connectivity index (χ2v) is 6.09. The van der Waals surface area contributed by atoms with Gasteiger partial charge >= 0.3 is 6.03 Å². The number of halogens is 2. The quantitative estimate of drug-likeness (QED) is 0.644. The average Bonchev–Trinajstić information content (AvgIpc) is 2.61. The molecule has 0 bridgehead atoms.